The van der Waals surface area contributed by atoms with E-state index in [0.717, 1.165) is 28.0 Å². The number of sulfonamides is 1. The molecule has 0 aromatic heterocycles. The molecule has 188 valence electrons. The first-order valence-corrected chi connectivity index (χ1v) is 13.3. The van der Waals surface area contributed by atoms with E-state index in [1.165, 1.54) is 11.2 Å². The predicted octanol–water partition coefficient (Wildman–Crippen LogP) is 5.89. The lowest BCUT2D eigenvalue weighted by Crippen LogP contribution is -2.43. The fourth-order valence-corrected chi connectivity index (χ4v) is 5.97. The number of rotatable bonds is 8. The second-order valence-corrected chi connectivity index (χ2v) is 11.0. The van der Waals surface area contributed by atoms with Gasteiger partial charge in [-0.3, -0.25) is 4.31 Å². The average molecular weight is 506 g/mol. The summed E-state index contributed by atoms with van der Waals surface area (Å²) in [6.45, 7) is 5.52. The van der Waals surface area contributed by atoms with Crippen molar-refractivity contribution in [1.82, 2.24) is 0 Å². The van der Waals surface area contributed by atoms with Crippen LogP contribution in [0, 0.1) is 6.92 Å². The third-order valence-electron chi connectivity index (χ3n) is 6.23. The standard InChI is InChI=1S/C29H31NO5S/c1-20-8-7-9-25(16-20)36(32,33)30-19-24(14-12-22(3)31)35-29-15-13-23(18-27(29)30)17-21(2)26-10-5-6-11-28(26)34-4/h5-11,13,15-18,24H,12,14,19H2,1-4H3/b21-17+/t24-/m0/s1. The molecule has 0 amide bonds. The number of anilines is 1. The van der Waals surface area contributed by atoms with Crippen molar-refractivity contribution in [2.45, 2.75) is 44.6 Å². The molecule has 1 atom stereocenters. The highest BCUT2D eigenvalue weighted by atomic mass is 32.2. The highest BCUT2D eigenvalue weighted by molar-refractivity contribution is 7.92. The maximum atomic E-state index is 13.8. The second-order valence-electron chi connectivity index (χ2n) is 9.09. The summed E-state index contributed by atoms with van der Waals surface area (Å²) in [5, 5.41) is 0. The third-order valence-corrected chi connectivity index (χ3v) is 8.00. The summed E-state index contributed by atoms with van der Waals surface area (Å²) in [5.74, 6) is 1.30. The van der Waals surface area contributed by atoms with E-state index in [9.17, 15) is 13.2 Å². The minimum atomic E-state index is -3.85. The van der Waals surface area contributed by atoms with Crippen LogP contribution in [0.4, 0.5) is 5.69 Å². The summed E-state index contributed by atoms with van der Waals surface area (Å²) in [4.78, 5) is 11.8. The maximum absolute atomic E-state index is 13.8. The summed E-state index contributed by atoms with van der Waals surface area (Å²) in [6, 6.07) is 20.2. The number of nitrogens with zero attached hydrogens (tertiary/aromatic N) is 1. The topological polar surface area (TPSA) is 72.9 Å². The predicted molar refractivity (Wildman–Crippen MR) is 143 cm³/mol. The number of ether oxygens (including phenoxy) is 2. The Morgan fingerprint density at radius 3 is 2.58 bits per heavy atom. The Balaban J connectivity index is 1.77. The van der Waals surface area contributed by atoms with Crippen LogP contribution in [0.5, 0.6) is 11.5 Å². The van der Waals surface area contributed by atoms with Gasteiger partial charge in [0.1, 0.15) is 23.4 Å². The molecule has 0 radical (unpaired) electrons. The molecule has 0 unspecified atom stereocenters. The van der Waals surface area contributed by atoms with Gasteiger partial charge in [-0.1, -0.05) is 42.5 Å². The monoisotopic (exact) mass is 505 g/mol. The number of hydrogen-bond donors (Lipinski definition) is 0. The zero-order chi connectivity index (χ0) is 25.9. The van der Waals surface area contributed by atoms with Gasteiger partial charge in [-0.2, -0.15) is 0 Å². The van der Waals surface area contributed by atoms with E-state index in [1.54, 1.807) is 31.4 Å². The third kappa shape index (κ3) is 5.46. The molecule has 0 saturated carbocycles. The van der Waals surface area contributed by atoms with Gasteiger partial charge in [0.15, 0.2) is 0 Å². The number of hydrogen-bond acceptors (Lipinski definition) is 5. The Kier molecular flexibility index (Phi) is 7.50. The lowest BCUT2D eigenvalue weighted by atomic mass is 10.0. The number of aryl methyl sites for hydroxylation is 1. The molecule has 1 aliphatic rings. The lowest BCUT2D eigenvalue weighted by Gasteiger charge is -2.35. The summed E-state index contributed by atoms with van der Waals surface area (Å²) >= 11 is 0. The molecule has 6 nitrogen and oxygen atoms in total. The second kappa shape index (κ2) is 10.6. The zero-order valence-electron chi connectivity index (χ0n) is 21.0. The molecular formula is C29H31NO5S. The Bertz CT molecular complexity index is 1410. The average Bonchev–Trinajstić information content (AvgIpc) is 2.86. The van der Waals surface area contributed by atoms with E-state index in [0.29, 0.717) is 24.3 Å². The van der Waals surface area contributed by atoms with Crippen molar-refractivity contribution in [1.29, 1.82) is 0 Å². The van der Waals surface area contributed by atoms with E-state index in [2.05, 4.69) is 0 Å². The number of carbonyl (C=O) groups excluding carboxylic acids is 1. The van der Waals surface area contributed by atoms with Crippen molar-refractivity contribution in [3.05, 3.63) is 83.4 Å². The summed E-state index contributed by atoms with van der Waals surface area (Å²) < 4.78 is 40.7. The van der Waals surface area contributed by atoms with Gasteiger partial charge in [0.2, 0.25) is 0 Å². The van der Waals surface area contributed by atoms with Gasteiger partial charge in [0.25, 0.3) is 10.0 Å². The molecule has 7 heteroatoms. The van der Waals surface area contributed by atoms with Crippen molar-refractivity contribution in [2.24, 2.45) is 0 Å². The number of allylic oxidation sites excluding steroid dienone is 1. The van der Waals surface area contributed by atoms with Gasteiger partial charge >= 0.3 is 0 Å². The number of benzene rings is 3. The molecule has 0 fully saturated rings. The van der Waals surface area contributed by atoms with Crippen LogP contribution in [0.25, 0.3) is 11.6 Å². The quantitative estimate of drug-likeness (QED) is 0.357. The molecule has 1 aliphatic heterocycles. The molecule has 0 saturated heterocycles. The van der Waals surface area contributed by atoms with Crippen LogP contribution in [0.3, 0.4) is 0 Å². The molecule has 0 aliphatic carbocycles. The highest BCUT2D eigenvalue weighted by Crippen LogP contribution is 2.39. The Morgan fingerprint density at radius 2 is 1.86 bits per heavy atom. The Hall–Kier alpha value is -3.58. The number of fused-ring (bicyclic) bond motifs is 1. The first-order chi connectivity index (χ1) is 17.2. The van der Waals surface area contributed by atoms with E-state index < -0.39 is 16.1 Å². The molecule has 0 N–H and O–H groups in total. The first kappa shape index (κ1) is 25.5. The van der Waals surface area contributed by atoms with Crippen LogP contribution in [-0.2, 0) is 14.8 Å². The molecule has 0 spiro atoms. The van der Waals surface area contributed by atoms with Gasteiger partial charge in [-0.25, -0.2) is 8.42 Å². The van der Waals surface area contributed by atoms with Crippen LogP contribution in [-0.4, -0.2) is 34.0 Å². The van der Waals surface area contributed by atoms with Crippen molar-refractivity contribution >= 4 is 33.1 Å². The van der Waals surface area contributed by atoms with Crippen molar-refractivity contribution in [3.63, 3.8) is 0 Å². The van der Waals surface area contributed by atoms with Gasteiger partial charge in [-0.05, 0) is 74.2 Å². The van der Waals surface area contributed by atoms with E-state index in [-0.39, 0.29) is 17.2 Å². The maximum Gasteiger partial charge on any atom is 0.264 e. The number of Topliss-reactive ketones (excluding diaryl/α,β-unsaturated/α-hetero) is 1. The molecular weight excluding hydrogens is 474 g/mol. The normalized spacial score (nSPS) is 15.7. The summed E-state index contributed by atoms with van der Waals surface area (Å²) in [5.41, 5.74) is 4.13. The number of methoxy groups -OCH3 is 1. The van der Waals surface area contributed by atoms with Crippen LogP contribution in [0.1, 0.15) is 43.4 Å². The number of para-hydroxylation sites is 1. The SMILES string of the molecule is COc1ccccc1/C(C)=C/c1ccc2c(c1)N(S(=O)(=O)c1cccc(C)c1)C[C@H](CCC(C)=O)O2. The Morgan fingerprint density at radius 1 is 1.08 bits per heavy atom. The number of carbonyl (C=O) groups is 1. The molecule has 3 aromatic carbocycles. The summed E-state index contributed by atoms with van der Waals surface area (Å²) in [7, 11) is -2.21. The Labute approximate surface area is 213 Å². The van der Waals surface area contributed by atoms with E-state index in [1.807, 2.05) is 62.4 Å². The van der Waals surface area contributed by atoms with Crippen LogP contribution >= 0.6 is 0 Å². The molecule has 3 aromatic rings. The number of ketones is 1. The zero-order valence-corrected chi connectivity index (χ0v) is 21.8. The van der Waals surface area contributed by atoms with Gasteiger partial charge in [0, 0.05) is 12.0 Å². The molecule has 4 rings (SSSR count). The minimum Gasteiger partial charge on any atom is -0.496 e. The van der Waals surface area contributed by atoms with Crippen LogP contribution < -0.4 is 13.8 Å². The lowest BCUT2D eigenvalue weighted by molar-refractivity contribution is -0.117. The van der Waals surface area contributed by atoms with E-state index >= 15 is 0 Å². The fraction of sp³-hybridized carbons (Fsp3) is 0.276. The van der Waals surface area contributed by atoms with Crippen LogP contribution in [0.2, 0.25) is 0 Å². The van der Waals surface area contributed by atoms with Crippen molar-refractivity contribution < 1.29 is 22.7 Å². The van der Waals surface area contributed by atoms with E-state index in [4.69, 9.17) is 9.47 Å². The van der Waals surface area contributed by atoms with Gasteiger partial charge in [-0.15, -0.1) is 0 Å². The first-order valence-electron chi connectivity index (χ1n) is 11.9. The molecule has 1 heterocycles. The molecule has 36 heavy (non-hydrogen) atoms. The van der Waals surface area contributed by atoms with Crippen molar-refractivity contribution in [3.8, 4) is 11.5 Å². The fourth-order valence-electron chi connectivity index (χ4n) is 4.36. The largest absolute Gasteiger partial charge is 0.496 e. The molecule has 0 bridgehead atoms. The minimum absolute atomic E-state index is 0.0461. The summed E-state index contributed by atoms with van der Waals surface area (Å²) in [6.07, 6.45) is 2.36. The van der Waals surface area contributed by atoms with Crippen LogP contribution in [0.15, 0.2) is 71.6 Å². The van der Waals surface area contributed by atoms with Crippen molar-refractivity contribution in [2.75, 3.05) is 18.0 Å². The van der Waals surface area contributed by atoms with Gasteiger partial charge < -0.3 is 14.3 Å². The smallest absolute Gasteiger partial charge is 0.264 e. The van der Waals surface area contributed by atoms with Gasteiger partial charge in [0.05, 0.1) is 24.2 Å². The highest BCUT2D eigenvalue weighted by Gasteiger charge is 2.34.